The van der Waals surface area contributed by atoms with E-state index in [0.717, 1.165) is 5.69 Å². The molecule has 0 spiro atoms. The van der Waals surface area contributed by atoms with Crippen molar-refractivity contribution in [3.63, 3.8) is 0 Å². The van der Waals surface area contributed by atoms with Crippen LogP contribution in [0.2, 0.25) is 10.0 Å². The lowest BCUT2D eigenvalue weighted by molar-refractivity contribution is 0.0870. The number of anilines is 1. The standard InChI is InChI=1S/C11H15Cl2NO/c1-8(2)15-7-6-14-11-9(12)4-3-5-10(11)13/h3-5,8,14H,6-7H2,1-2H3. The summed E-state index contributed by atoms with van der Waals surface area (Å²) in [6.45, 7) is 5.34. The Labute approximate surface area is 101 Å². The number of halogens is 2. The van der Waals surface area contributed by atoms with Gasteiger partial charge in [-0.1, -0.05) is 29.3 Å². The predicted molar refractivity (Wildman–Crippen MR) is 66.0 cm³/mol. The van der Waals surface area contributed by atoms with E-state index in [-0.39, 0.29) is 6.10 Å². The summed E-state index contributed by atoms with van der Waals surface area (Å²) in [5.74, 6) is 0. The molecule has 1 aromatic rings. The van der Waals surface area contributed by atoms with Crippen LogP contribution in [0.15, 0.2) is 18.2 Å². The Hall–Kier alpha value is -0.440. The molecule has 0 unspecified atom stereocenters. The van der Waals surface area contributed by atoms with E-state index in [2.05, 4.69) is 5.32 Å². The molecule has 0 radical (unpaired) electrons. The average Bonchev–Trinajstić information content (AvgIpc) is 2.15. The Morgan fingerprint density at radius 3 is 2.40 bits per heavy atom. The molecule has 4 heteroatoms. The van der Waals surface area contributed by atoms with E-state index in [1.807, 2.05) is 19.9 Å². The van der Waals surface area contributed by atoms with Gasteiger partial charge in [0.25, 0.3) is 0 Å². The highest BCUT2D eigenvalue weighted by Crippen LogP contribution is 2.29. The van der Waals surface area contributed by atoms with Crippen LogP contribution in [0, 0.1) is 0 Å². The summed E-state index contributed by atoms with van der Waals surface area (Å²) in [4.78, 5) is 0. The third-order valence-corrected chi connectivity index (χ3v) is 2.45. The minimum atomic E-state index is 0.244. The fourth-order valence-electron chi connectivity index (χ4n) is 1.14. The molecule has 0 heterocycles. The lowest BCUT2D eigenvalue weighted by atomic mass is 10.3. The van der Waals surface area contributed by atoms with Crippen molar-refractivity contribution in [1.29, 1.82) is 0 Å². The fourth-order valence-corrected chi connectivity index (χ4v) is 1.67. The molecule has 1 aromatic carbocycles. The lowest BCUT2D eigenvalue weighted by Gasteiger charge is -2.11. The molecule has 0 fully saturated rings. The second-order valence-corrected chi connectivity index (χ2v) is 4.26. The highest BCUT2D eigenvalue weighted by molar-refractivity contribution is 6.39. The van der Waals surface area contributed by atoms with Crippen molar-refractivity contribution in [3.05, 3.63) is 28.2 Å². The van der Waals surface area contributed by atoms with Gasteiger partial charge in [-0.3, -0.25) is 0 Å². The summed E-state index contributed by atoms with van der Waals surface area (Å²) in [6, 6.07) is 5.43. The minimum Gasteiger partial charge on any atom is -0.380 e. The first-order valence-corrected chi connectivity index (χ1v) is 5.66. The third-order valence-electron chi connectivity index (χ3n) is 1.82. The summed E-state index contributed by atoms with van der Waals surface area (Å²) in [7, 11) is 0. The number of rotatable bonds is 5. The molecular weight excluding hydrogens is 233 g/mol. The van der Waals surface area contributed by atoms with Gasteiger partial charge in [-0.2, -0.15) is 0 Å². The van der Waals surface area contributed by atoms with Gasteiger partial charge in [-0.15, -0.1) is 0 Å². The second-order valence-electron chi connectivity index (χ2n) is 3.44. The number of hydrogen-bond acceptors (Lipinski definition) is 2. The van der Waals surface area contributed by atoms with Crippen LogP contribution in [-0.4, -0.2) is 19.3 Å². The summed E-state index contributed by atoms with van der Waals surface area (Å²) in [5.41, 5.74) is 0.771. The molecule has 0 saturated carbocycles. The Kier molecular flexibility index (Phi) is 5.23. The highest BCUT2D eigenvalue weighted by atomic mass is 35.5. The van der Waals surface area contributed by atoms with Gasteiger partial charge in [0.15, 0.2) is 0 Å². The molecule has 2 nitrogen and oxygen atoms in total. The zero-order chi connectivity index (χ0) is 11.3. The van der Waals surface area contributed by atoms with Gasteiger partial charge < -0.3 is 10.1 Å². The quantitative estimate of drug-likeness (QED) is 0.799. The predicted octanol–water partition coefficient (Wildman–Crippen LogP) is 3.83. The summed E-state index contributed by atoms with van der Waals surface area (Å²) in [6.07, 6.45) is 0.244. The zero-order valence-electron chi connectivity index (χ0n) is 8.89. The second kappa shape index (κ2) is 6.21. The largest absolute Gasteiger partial charge is 0.380 e. The molecular formula is C11H15Cl2NO. The molecule has 0 amide bonds. The van der Waals surface area contributed by atoms with Crippen LogP contribution >= 0.6 is 23.2 Å². The molecule has 0 bridgehead atoms. The molecule has 15 heavy (non-hydrogen) atoms. The summed E-state index contributed by atoms with van der Waals surface area (Å²) < 4.78 is 5.39. The van der Waals surface area contributed by atoms with Crippen molar-refractivity contribution in [2.45, 2.75) is 20.0 Å². The minimum absolute atomic E-state index is 0.244. The smallest absolute Gasteiger partial charge is 0.0719 e. The van der Waals surface area contributed by atoms with Crippen LogP contribution in [0.25, 0.3) is 0 Å². The third kappa shape index (κ3) is 4.29. The molecule has 0 saturated heterocycles. The van der Waals surface area contributed by atoms with Gasteiger partial charge in [-0.05, 0) is 26.0 Å². The van der Waals surface area contributed by atoms with Crippen molar-refractivity contribution in [2.75, 3.05) is 18.5 Å². The van der Waals surface area contributed by atoms with Crippen molar-refractivity contribution >= 4 is 28.9 Å². The van der Waals surface area contributed by atoms with Gasteiger partial charge in [-0.25, -0.2) is 0 Å². The van der Waals surface area contributed by atoms with E-state index in [1.165, 1.54) is 0 Å². The van der Waals surface area contributed by atoms with Gasteiger partial charge >= 0.3 is 0 Å². The van der Waals surface area contributed by atoms with Gasteiger partial charge in [0.2, 0.25) is 0 Å². The molecule has 0 aliphatic carbocycles. The van der Waals surface area contributed by atoms with Crippen molar-refractivity contribution in [2.24, 2.45) is 0 Å². The number of hydrogen-bond donors (Lipinski definition) is 1. The van der Waals surface area contributed by atoms with Crippen LogP contribution in [0.4, 0.5) is 5.69 Å². The lowest BCUT2D eigenvalue weighted by Crippen LogP contribution is -2.13. The van der Waals surface area contributed by atoms with E-state index in [1.54, 1.807) is 12.1 Å². The maximum atomic E-state index is 5.98. The molecule has 0 aromatic heterocycles. The Morgan fingerprint density at radius 1 is 1.27 bits per heavy atom. The van der Waals surface area contributed by atoms with Crippen LogP contribution in [0.1, 0.15) is 13.8 Å². The summed E-state index contributed by atoms with van der Waals surface area (Å²) >= 11 is 12.0. The number of benzene rings is 1. The van der Waals surface area contributed by atoms with Crippen molar-refractivity contribution in [1.82, 2.24) is 0 Å². The topological polar surface area (TPSA) is 21.3 Å². The number of para-hydroxylation sites is 1. The van der Waals surface area contributed by atoms with Gasteiger partial charge in [0, 0.05) is 6.54 Å². The van der Waals surface area contributed by atoms with Crippen molar-refractivity contribution in [3.8, 4) is 0 Å². The number of ether oxygens (including phenoxy) is 1. The first kappa shape index (κ1) is 12.6. The van der Waals surface area contributed by atoms with E-state index in [9.17, 15) is 0 Å². The fraction of sp³-hybridized carbons (Fsp3) is 0.455. The molecule has 84 valence electrons. The molecule has 0 aliphatic heterocycles. The highest BCUT2D eigenvalue weighted by Gasteiger charge is 2.03. The first-order valence-electron chi connectivity index (χ1n) is 4.90. The van der Waals surface area contributed by atoms with Crippen LogP contribution in [-0.2, 0) is 4.74 Å². The van der Waals surface area contributed by atoms with Crippen LogP contribution in [0.3, 0.4) is 0 Å². The number of nitrogens with one attached hydrogen (secondary N) is 1. The van der Waals surface area contributed by atoms with E-state index in [4.69, 9.17) is 27.9 Å². The monoisotopic (exact) mass is 247 g/mol. The zero-order valence-corrected chi connectivity index (χ0v) is 10.4. The molecule has 0 aliphatic rings. The Bertz CT molecular complexity index is 295. The normalized spacial score (nSPS) is 10.7. The van der Waals surface area contributed by atoms with E-state index < -0.39 is 0 Å². The average molecular weight is 248 g/mol. The SMILES string of the molecule is CC(C)OCCNc1c(Cl)cccc1Cl. The maximum absolute atomic E-state index is 5.98. The first-order chi connectivity index (χ1) is 7.11. The summed E-state index contributed by atoms with van der Waals surface area (Å²) in [5, 5.41) is 4.41. The van der Waals surface area contributed by atoms with Crippen molar-refractivity contribution < 1.29 is 4.74 Å². The van der Waals surface area contributed by atoms with E-state index >= 15 is 0 Å². The maximum Gasteiger partial charge on any atom is 0.0719 e. The molecule has 1 rings (SSSR count). The van der Waals surface area contributed by atoms with Gasteiger partial charge in [0.05, 0.1) is 28.4 Å². The van der Waals surface area contributed by atoms with E-state index in [0.29, 0.717) is 23.2 Å². The van der Waals surface area contributed by atoms with Gasteiger partial charge in [0.1, 0.15) is 0 Å². The van der Waals surface area contributed by atoms with Crippen LogP contribution in [0.5, 0.6) is 0 Å². The van der Waals surface area contributed by atoms with Crippen LogP contribution < -0.4 is 5.32 Å². The Balaban J connectivity index is 2.43. The molecule has 0 atom stereocenters. The molecule has 1 N–H and O–H groups in total. The Morgan fingerprint density at radius 2 is 1.87 bits per heavy atom.